The highest BCUT2D eigenvalue weighted by atomic mass is 19.1. The highest BCUT2D eigenvalue weighted by Gasteiger charge is 2.26. The number of hydrogen-bond acceptors (Lipinski definition) is 2. The lowest BCUT2D eigenvalue weighted by molar-refractivity contribution is -0.134. The Bertz CT molecular complexity index is 208. The second-order valence-corrected chi connectivity index (χ2v) is 2.87. The quantitative estimate of drug-likeness (QED) is 0.570. The van der Waals surface area contributed by atoms with Gasteiger partial charge in [-0.1, -0.05) is 0 Å². The van der Waals surface area contributed by atoms with Crippen molar-refractivity contribution in [3.8, 4) is 0 Å². The first-order chi connectivity index (χ1) is 5.59. The first kappa shape index (κ1) is 8.96. The van der Waals surface area contributed by atoms with Crippen LogP contribution in [-0.2, 0) is 9.59 Å². The van der Waals surface area contributed by atoms with E-state index in [9.17, 15) is 14.0 Å². The lowest BCUT2D eigenvalue weighted by atomic mass is 10.3. The van der Waals surface area contributed by atoms with Crippen LogP contribution in [0.15, 0.2) is 0 Å². The summed E-state index contributed by atoms with van der Waals surface area (Å²) >= 11 is 0. The minimum Gasteiger partial charge on any atom is -0.369 e. The summed E-state index contributed by atoms with van der Waals surface area (Å²) in [6.07, 6.45) is -0.890. The van der Waals surface area contributed by atoms with Crippen molar-refractivity contribution in [2.75, 3.05) is 13.1 Å². The zero-order valence-electron chi connectivity index (χ0n) is 6.62. The molecule has 0 spiro atoms. The summed E-state index contributed by atoms with van der Waals surface area (Å²) in [6, 6.07) is 0. The van der Waals surface area contributed by atoms with Crippen LogP contribution in [0.25, 0.3) is 0 Å². The first-order valence-corrected chi connectivity index (χ1v) is 3.79. The number of halogens is 1. The predicted octanol–water partition coefficient (Wildman–Crippen LogP) is -0.568. The zero-order valence-corrected chi connectivity index (χ0v) is 6.62. The monoisotopic (exact) mass is 174 g/mol. The minimum atomic E-state index is -0.943. The average molecular weight is 174 g/mol. The highest BCUT2D eigenvalue weighted by molar-refractivity contribution is 5.96. The molecule has 5 heteroatoms. The van der Waals surface area contributed by atoms with Crippen LogP contribution in [0.4, 0.5) is 4.39 Å². The molecule has 0 aromatic carbocycles. The van der Waals surface area contributed by atoms with Gasteiger partial charge in [-0.15, -0.1) is 0 Å². The Morgan fingerprint density at radius 3 is 2.67 bits per heavy atom. The molecular weight excluding hydrogens is 163 g/mol. The fourth-order valence-electron chi connectivity index (χ4n) is 1.20. The molecule has 1 saturated heterocycles. The van der Waals surface area contributed by atoms with Crippen LogP contribution in [0, 0.1) is 0 Å². The van der Waals surface area contributed by atoms with Crippen LogP contribution in [0.3, 0.4) is 0 Å². The molecule has 1 rings (SSSR count). The fraction of sp³-hybridized carbons (Fsp3) is 0.714. The topological polar surface area (TPSA) is 63.4 Å². The van der Waals surface area contributed by atoms with Crippen molar-refractivity contribution >= 4 is 11.8 Å². The SMILES string of the molecule is NC(=O)CC(=O)N1CC[C@H](F)C1. The molecule has 0 saturated carbocycles. The summed E-state index contributed by atoms with van der Waals surface area (Å²) in [4.78, 5) is 22.7. The maximum Gasteiger partial charge on any atom is 0.232 e. The number of nitrogens with two attached hydrogens (primary N) is 1. The standard InChI is InChI=1S/C7H11FN2O2/c8-5-1-2-10(4-5)7(12)3-6(9)11/h5H,1-4H2,(H2,9,11)/t5-/m0/s1. The van der Waals surface area contributed by atoms with Gasteiger partial charge in [-0.2, -0.15) is 0 Å². The third-order valence-electron chi connectivity index (χ3n) is 1.81. The zero-order chi connectivity index (χ0) is 9.14. The molecule has 68 valence electrons. The van der Waals surface area contributed by atoms with E-state index in [-0.39, 0.29) is 18.9 Å². The van der Waals surface area contributed by atoms with Crippen LogP contribution in [0.2, 0.25) is 0 Å². The van der Waals surface area contributed by atoms with Gasteiger partial charge in [-0.3, -0.25) is 9.59 Å². The van der Waals surface area contributed by atoms with Gasteiger partial charge < -0.3 is 10.6 Å². The Kier molecular flexibility index (Phi) is 2.62. The Morgan fingerprint density at radius 2 is 2.25 bits per heavy atom. The second-order valence-electron chi connectivity index (χ2n) is 2.87. The van der Waals surface area contributed by atoms with E-state index in [4.69, 9.17) is 5.73 Å². The normalized spacial score (nSPS) is 22.8. The van der Waals surface area contributed by atoms with Gasteiger partial charge in [-0.25, -0.2) is 4.39 Å². The van der Waals surface area contributed by atoms with E-state index < -0.39 is 12.1 Å². The number of carbonyl (C=O) groups excluding carboxylic acids is 2. The van der Waals surface area contributed by atoms with Gasteiger partial charge in [0.2, 0.25) is 11.8 Å². The summed E-state index contributed by atoms with van der Waals surface area (Å²) in [6.45, 7) is 0.499. The van der Waals surface area contributed by atoms with Crippen molar-refractivity contribution in [1.29, 1.82) is 0 Å². The molecule has 0 aromatic heterocycles. The molecule has 0 radical (unpaired) electrons. The molecular formula is C7H11FN2O2. The molecule has 1 atom stereocenters. The van der Waals surface area contributed by atoms with Gasteiger partial charge in [0.05, 0.1) is 6.54 Å². The number of likely N-dealkylation sites (tertiary alicyclic amines) is 1. The van der Waals surface area contributed by atoms with Gasteiger partial charge in [0.1, 0.15) is 12.6 Å². The van der Waals surface area contributed by atoms with E-state index in [1.807, 2.05) is 0 Å². The summed E-state index contributed by atoms with van der Waals surface area (Å²) in [5, 5.41) is 0. The largest absolute Gasteiger partial charge is 0.369 e. The number of rotatable bonds is 2. The van der Waals surface area contributed by atoms with E-state index in [1.54, 1.807) is 0 Å². The Balaban J connectivity index is 2.38. The van der Waals surface area contributed by atoms with Crippen LogP contribution in [-0.4, -0.2) is 36.0 Å². The van der Waals surface area contributed by atoms with Crippen molar-refractivity contribution in [1.82, 2.24) is 4.90 Å². The fourth-order valence-corrected chi connectivity index (χ4v) is 1.20. The molecule has 1 fully saturated rings. The van der Waals surface area contributed by atoms with Gasteiger partial charge >= 0.3 is 0 Å². The molecule has 0 aromatic rings. The molecule has 0 unspecified atom stereocenters. The van der Waals surface area contributed by atoms with E-state index in [0.29, 0.717) is 13.0 Å². The second kappa shape index (κ2) is 3.51. The Hall–Kier alpha value is -1.13. The number of carbonyl (C=O) groups is 2. The lowest BCUT2D eigenvalue weighted by Gasteiger charge is -2.13. The third kappa shape index (κ3) is 2.18. The summed E-state index contributed by atoms with van der Waals surface area (Å²) in [5.41, 5.74) is 4.82. The van der Waals surface area contributed by atoms with Crippen molar-refractivity contribution in [3.63, 3.8) is 0 Å². The van der Waals surface area contributed by atoms with Gasteiger partial charge in [0.25, 0.3) is 0 Å². The predicted molar refractivity (Wildman–Crippen MR) is 39.9 cm³/mol. The minimum absolute atomic E-state index is 0.103. The summed E-state index contributed by atoms with van der Waals surface area (Å²) in [5.74, 6) is -1.04. The highest BCUT2D eigenvalue weighted by Crippen LogP contribution is 2.12. The molecule has 1 heterocycles. The maximum atomic E-state index is 12.6. The number of nitrogens with zero attached hydrogens (tertiary/aromatic N) is 1. The number of hydrogen-bond donors (Lipinski definition) is 1. The molecule has 0 aliphatic carbocycles. The number of alkyl halides is 1. The van der Waals surface area contributed by atoms with Gasteiger partial charge in [0, 0.05) is 6.54 Å². The molecule has 4 nitrogen and oxygen atoms in total. The van der Waals surface area contributed by atoms with E-state index in [1.165, 1.54) is 4.90 Å². The van der Waals surface area contributed by atoms with Crippen LogP contribution >= 0.6 is 0 Å². The third-order valence-corrected chi connectivity index (χ3v) is 1.81. The van der Waals surface area contributed by atoms with Crippen LogP contribution in [0.1, 0.15) is 12.8 Å². The smallest absolute Gasteiger partial charge is 0.232 e. The molecule has 1 aliphatic rings. The average Bonchev–Trinajstić information content (AvgIpc) is 2.34. The van der Waals surface area contributed by atoms with E-state index in [0.717, 1.165) is 0 Å². The van der Waals surface area contributed by atoms with E-state index in [2.05, 4.69) is 0 Å². The molecule has 2 amide bonds. The van der Waals surface area contributed by atoms with Crippen molar-refractivity contribution < 1.29 is 14.0 Å². The van der Waals surface area contributed by atoms with Gasteiger partial charge in [0.15, 0.2) is 0 Å². The summed E-state index contributed by atoms with van der Waals surface area (Å²) < 4.78 is 12.6. The molecule has 12 heavy (non-hydrogen) atoms. The Morgan fingerprint density at radius 1 is 1.58 bits per heavy atom. The number of amides is 2. The van der Waals surface area contributed by atoms with Crippen molar-refractivity contribution in [3.05, 3.63) is 0 Å². The van der Waals surface area contributed by atoms with Crippen LogP contribution in [0.5, 0.6) is 0 Å². The lowest BCUT2D eigenvalue weighted by Crippen LogP contribution is -2.32. The Labute approximate surface area is 69.5 Å². The molecule has 1 aliphatic heterocycles. The maximum absolute atomic E-state index is 12.6. The van der Waals surface area contributed by atoms with Crippen LogP contribution < -0.4 is 5.73 Å². The van der Waals surface area contributed by atoms with E-state index >= 15 is 0 Å². The van der Waals surface area contributed by atoms with Gasteiger partial charge in [-0.05, 0) is 6.42 Å². The summed E-state index contributed by atoms with van der Waals surface area (Å²) in [7, 11) is 0. The molecule has 2 N–H and O–H groups in total. The first-order valence-electron chi connectivity index (χ1n) is 3.79. The molecule has 0 bridgehead atoms. The van der Waals surface area contributed by atoms with Crippen molar-refractivity contribution in [2.24, 2.45) is 5.73 Å². The number of primary amides is 1. The van der Waals surface area contributed by atoms with Crippen molar-refractivity contribution in [2.45, 2.75) is 19.0 Å².